The highest BCUT2D eigenvalue weighted by Crippen LogP contribution is 2.02. The standard InChI is InChI=1S/C12H26N2O/c1-12(2)15-11-5-4-6-14-9-7-13(3)8-10-14/h12H,4-11H2,1-3H3. The van der Waals surface area contributed by atoms with Crippen LogP contribution in [-0.4, -0.2) is 62.3 Å². The highest BCUT2D eigenvalue weighted by molar-refractivity contribution is 4.68. The molecule has 1 saturated heterocycles. The minimum absolute atomic E-state index is 0.383. The van der Waals surface area contributed by atoms with Gasteiger partial charge in [-0.15, -0.1) is 0 Å². The van der Waals surface area contributed by atoms with E-state index in [-0.39, 0.29) is 0 Å². The first kappa shape index (κ1) is 12.9. The molecule has 1 fully saturated rings. The van der Waals surface area contributed by atoms with Crippen LogP contribution in [0.4, 0.5) is 0 Å². The second-order valence-electron chi connectivity index (χ2n) is 4.77. The summed E-state index contributed by atoms with van der Waals surface area (Å²) in [5.41, 5.74) is 0. The van der Waals surface area contributed by atoms with E-state index in [1.165, 1.54) is 45.6 Å². The fourth-order valence-corrected chi connectivity index (χ4v) is 1.83. The maximum absolute atomic E-state index is 5.52. The van der Waals surface area contributed by atoms with E-state index in [2.05, 4.69) is 30.7 Å². The van der Waals surface area contributed by atoms with Gasteiger partial charge in [-0.3, -0.25) is 0 Å². The molecule has 0 aromatic rings. The molecule has 0 aliphatic carbocycles. The quantitative estimate of drug-likeness (QED) is 0.622. The van der Waals surface area contributed by atoms with E-state index in [9.17, 15) is 0 Å². The van der Waals surface area contributed by atoms with Crippen molar-refractivity contribution >= 4 is 0 Å². The largest absolute Gasteiger partial charge is 0.379 e. The summed E-state index contributed by atoms with van der Waals surface area (Å²) in [5, 5.41) is 0. The lowest BCUT2D eigenvalue weighted by atomic mass is 10.2. The van der Waals surface area contributed by atoms with Gasteiger partial charge in [0.25, 0.3) is 0 Å². The van der Waals surface area contributed by atoms with Crippen LogP contribution in [0.1, 0.15) is 26.7 Å². The van der Waals surface area contributed by atoms with Crippen LogP contribution in [-0.2, 0) is 4.74 Å². The van der Waals surface area contributed by atoms with Crippen LogP contribution in [0.2, 0.25) is 0 Å². The van der Waals surface area contributed by atoms with Crippen molar-refractivity contribution in [3.8, 4) is 0 Å². The third-order valence-electron chi connectivity index (χ3n) is 2.92. The van der Waals surface area contributed by atoms with Crippen LogP contribution in [0.3, 0.4) is 0 Å². The smallest absolute Gasteiger partial charge is 0.0518 e. The monoisotopic (exact) mass is 214 g/mol. The zero-order valence-corrected chi connectivity index (χ0v) is 10.5. The van der Waals surface area contributed by atoms with Gasteiger partial charge in [-0.25, -0.2) is 0 Å². The summed E-state index contributed by atoms with van der Waals surface area (Å²) in [6, 6.07) is 0. The Morgan fingerprint density at radius 1 is 1.07 bits per heavy atom. The predicted octanol–water partition coefficient (Wildman–Crippen LogP) is 1.44. The molecule has 0 unspecified atom stereocenters. The Morgan fingerprint density at radius 3 is 2.33 bits per heavy atom. The van der Waals surface area contributed by atoms with Crippen molar-refractivity contribution in [1.82, 2.24) is 9.80 Å². The number of unbranched alkanes of at least 4 members (excludes halogenated alkanes) is 1. The average Bonchev–Trinajstić information content (AvgIpc) is 2.20. The number of rotatable bonds is 6. The third-order valence-corrected chi connectivity index (χ3v) is 2.92. The lowest BCUT2D eigenvalue weighted by molar-refractivity contribution is 0.0725. The Kier molecular flexibility index (Phi) is 6.22. The normalized spacial score (nSPS) is 20.0. The average molecular weight is 214 g/mol. The van der Waals surface area contributed by atoms with E-state index in [0.717, 1.165) is 6.61 Å². The molecule has 3 heteroatoms. The molecule has 0 atom stereocenters. The molecule has 0 radical (unpaired) electrons. The van der Waals surface area contributed by atoms with Gasteiger partial charge in [-0.1, -0.05) is 0 Å². The number of hydrogen-bond donors (Lipinski definition) is 0. The van der Waals surface area contributed by atoms with Gasteiger partial charge in [-0.05, 0) is 40.3 Å². The van der Waals surface area contributed by atoms with Crippen LogP contribution in [0.5, 0.6) is 0 Å². The second kappa shape index (κ2) is 7.20. The summed E-state index contributed by atoms with van der Waals surface area (Å²) in [6.07, 6.45) is 2.86. The lowest BCUT2D eigenvalue weighted by Gasteiger charge is -2.32. The molecule has 0 spiro atoms. The maximum Gasteiger partial charge on any atom is 0.0518 e. The summed E-state index contributed by atoms with van der Waals surface area (Å²) < 4.78 is 5.52. The summed E-state index contributed by atoms with van der Waals surface area (Å²) in [5.74, 6) is 0. The number of hydrogen-bond acceptors (Lipinski definition) is 3. The molecule has 15 heavy (non-hydrogen) atoms. The Bertz CT molecular complexity index is 154. The second-order valence-corrected chi connectivity index (χ2v) is 4.77. The van der Waals surface area contributed by atoms with Crippen molar-refractivity contribution in [2.75, 3.05) is 46.4 Å². The predicted molar refractivity (Wildman–Crippen MR) is 64.3 cm³/mol. The molecular weight excluding hydrogens is 188 g/mol. The fourth-order valence-electron chi connectivity index (χ4n) is 1.83. The zero-order valence-electron chi connectivity index (χ0n) is 10.5. The van der Waals surface area contributed by atoms with E-state index in [1.54, 1.807) is 0 Å². The SMILES string of the molecule is CC(C)OCCCCN1CCN(C)CC1. The summed E-state index contributed by atoms with van der Waals surface area (Å²) in [7, 11) is 2.20. The minimum Gasteiger partial charge on any atom is -0.379 e. The van der Waals surface area contributed by atoms with Crippen molar-refractivity contribution < 1.29 is 4.74 Å². The molecule has 3 nitrogen and oxygen atoms in total. The third kappa shape index (κ3) is 6.13. The van der Waals surface area contributed by atoms with Gasteiger partial charge in [0.2, 0.25) is 0 Å². The molecule has 1 heterocycles. The number of nitrogens with zero attached hydrogens (tertiary/aromatic N) is 2. The molecule has 0 bridgehead atoms. The van der Waals surface area contributed by atoms with E-state index < -0.39 is 0 Å². The van der Waals surface area contributed by atoms with Crippen LogP contribution in [0.15, 0.2) is 0 Å². The van der Waals surface area contributed by atoms with Gasteiger partial charge >= 0.3 is 0 Å². The van der Waals surface area contributed by atoms with Crippen LogP contribution < -0.4 is 0 Å². The molecule has 0 aromatic heterocycles. The molecule has 1 aliphatic rings. The molecule has 0 aromatic carbocycles. The first-order chi connectivity index (χ1) is 7.18. The van der Waals surface area contributed by atoms with Gasteiger partial charge in [0, 0.05) is 32.8 Å². The van der Waals surface area contributed by atoms with Gasteiger partial charge < -0.3 is 14.5 Å². The van der Waals surface area contributed by atoms with Crippen LogP contribution in [0.25, 0.3) is 0 Å². The molecular formula is C12H26N2O. The maximum atomic E-state index is 5.52. The number of likely N-dealkylation sites (N-methyl/N-ethyl adjacent to an activating group) is 1. The Hall–Kier alpha value is -0.120. The van der Waals surface area contributed by atoms with Gasteiger partial charge in [0.15, 0.2) is 0 Å². The highest BCUT2D eigenvalue weighted by atomic mass is 16.5. The first-order valence-corrected chi connectivity index (χ1v) is 6.21. The van der Waals surface area contributed by atoms with Crippen molar-refractivity contribution in [1.29, 1.82) is 0 Å². The van der Waals surface area contributed by atoms with Gasteiger partial charge in [-0.2, -0.15) is 0 Å². The van der Waals surface area contributed by atoms with Crippen molar-refractivity contribution in [2.24, 2.45) is 0 Å². The number of ether oxygens (including phenoxy) is 1. The fraction of sp³-hybridized carbons (Fsp3) is 1.00. The molecule has 0 saturated carbocycles. The summed E-state index contributed by atoms with van der Waals surface area (Å²) in [4.78, 5) is 4.97. The minimum atomic E-state index is 0.383. The first-order valence-electron chi connectivity index (χ1n) is 6.21. The van der Waals surface area contributed by atoms with Crippen LogP contribution >= 0.6 is 0 Å². The van der Waals surface area contributed by atoms with Crippen LogP contribution in [0, 0.1) is 0 Å². The Labute approximate surface area is 94.4 Å². The Morgan fingerprint density at radius 2 is 1.73 bits per heavy atom. The molecule has 90 valence electrons. The topological polar surface area (TPSA) is 15.7 Å². The van der Waals surface area contributed by atoms with E-state index in [1.807, 2.05) is 0 Å². The molecule has 0 N–H and O–H groups in total. The molecule has 1 aliphatic heterocycles. The van der Waals surface area contributed by atoms with Gasteiger partial charge in [0.1, 0.15) is 0 Å². The summed E-state index contributed by atoms with van der Waals surface area (Å²) >= 11 is 0. The summed E-state index contributed by atoms with van der Waals surface area (Å²) in [6.45, 7) is 11.3. The van der Waals surface area contributed by atoms with Crippen molar-refractivity contribution in [3.63, 3.8) is 0 Å². The number of piperazine rings is 1. The van der Waals surface area contributed by atoms with E-state index >= 15 is 0 Å². The molecule has 0 amide bonds. The highest BCUT2D eigenvalue weighted by Gasteiger charge is 2.12. The van der Waals surface area contributed by atoms with Crippen molar-refractivity contribution in [3.05, 3.63) is 0 Å². The van der Waals surface area contributed by atoms with Gasteiger partial charge in [0.05, 0.1) is 6.10 Å². The van der Waals surface area contributed by atoms with E-state index in [0.29, 0.717) is 6.10 Å². The van der Waals surface area contributed by atoms with E-state index in [4.69, 9.17) is 4.74 Å². The Balaban J connectivity index is 1.91. The zero-order chi connectivity index (χ0) is 11.1. The van der Waals surface area contributed by atoms with Crippen molar-refractivity contribution in [2.45, 2.75) is 32.8 Å². The lowest BCUT2D eigenvalue weighted by Crippen LogP contribution is -2.44. The molecule has 1 rings (SSSR count).